The van der Waals surface area contributed by atoms with Gasteiger partial charge in [0.05, 0.1) is 5.69 Å². The summed E-state index contributed by atoms with van der Waals surface area (Å²) in [5, 5.41) is 2.59. The summed E-state index contributed by atoms with van der Waals surface area (Å²) in [6, 6.07) is 5.42. The molecule has 0 saturated carbocycles. The van der Waals surface area contributed by atoms with E-state index in [-0.39, 0.29) is 5.41 Å². The van der Waals surface area contributed by atoms with Crippen LogP contribution in [0.4, 0.5) is 5.69 Å². The molecule has 1 N–H and O–H groups in total. The summed E-state index contributed by atoms with van der Waals surface area (Å²) in [5.74, 6) is 0. The molecule has 0 aromatic heterocycles. The maximum Gasteiger partial charge on any atom is 0.211 e. The second-order valence-electron chi connectivity index (χ2n) is 4.40. The molecule has 1 amide bonds. The van der Waals surface area contributed by atoms with E-state index in [0.717, 1.165) is 11.8 Å². The van der Waals surface area contributed by atoms with Crippen LogP contribution in [0, 0.1) is 0 Å². The number of carbonyl (C=O) groups is 2. The van der Waals surface area contributed by atoms with E-state index < -0.39 is 0 Å². The van der Waals surface area contributed by atoms with Crippen LogP contribution in [0.5, 0.6) is 0 Å². The van der Waals surface area contributed by atoms with Crippen molar-refractivity contribution < 1.29 is 9.59 Å². The maximum atomic E-state index is 10.8. The van der Waals surface area contributed by atoms with E-state index in [4.69, 9.17) is 0 Å². The van der Waals surface area contributed by atoms with Gasteiger partial charge in [-0.15, -0.1) is 0 Å². The fourth-order valence-corrected chi connectivity index (χ4v) is 1.51. The number of hydrogen-bond acceptors (Lipinski definition) is 2. The minimum absolute atomic E-state index is 0.107. The topological polar surface area (TPSA) is 46.2 Å². The molecule has 0 atom stereocenters. The van der Waals surface area contributed by atoms with Crippen molar-refractivity contribution in [2.75, 3.05) is 5.32 Å². The lowest BCUT2D eigenvalue weighted by Gasteiger charge is -2.23. The molecule has 0 radical (unpaired) electrons. The van der Waals surface area contributed by atoms with Gasteiger partial charge in [-0.2, -0.15) is 0 Å². The van der Waals surface area contributed by atoms with Crippen LogP contribution < -0.4 is 5.32 Å². The van der Waals surface area contributed by atoms with Gasteiger partial charge in [-0.25, -0.2) is 0 Å². The molecule has 0 spiro atoms. The molecule has 3 heteroatoms. The first-order valence-electron chi connectivity index (χ1n) is 4.79. The van der Waals surface area contributed by atoms with Crippen LogP contribution in [0.1, 0.15) is 36.7 Å². The molecular formula is C12H15NO2. The van der Waals surface area contributed by atoms with Crippen LogP contribution in [-0.4, -0.2) is 12.7 Å². The lowest BCUT2D eigenvalue weighted by molar-refractivity contribution is -0.105. The summed E-state index contributed by atoms with van der Waals surface area (Å²) in [4.78, 5) is 21.3. The van der Waals surface area contributed by atoms with Crippen molar-refractivity contribution in [1.29, 1.82) is 0 Å². The molecule has 15 heavy (non-hydrogen) atoms. The summed E-state index contributed by atoms with van der Waals surface area (Å²) in [6.07, 6.45) is 1.35. The van der Waals surface area contributed by atoms with Crippen LogP contribution in [0.25, 0.3) is 0 Å². The van der Waals surface area contributed by atoms with Gasteiger partial charge in [-0.1, -0.05) is 32.9 Å². The van der Waals surface area contributed by atoms with Gasteiger partial charge in [-0.05, 0) is 17.0 Å². The van der Waals surface area contributed by atoms with Crippen molar-refractivity contribution in [2.24, 2.45) is 0 Å². The Hall–Kier alpha value is -1.64. The zero-order valence-corrected chi connectivity index (χ0v) is 9.20. The normalized spacial score (nSPS) is 10.9. The largest absolute Gasteiger partial charge is 0.328 e. The molecule has 3 nitrogen and oxygen atoms in total. The monoisotopic (exact) mass is 205 g/mol. The average Bonchev–Trinajstić information content (AvgIpc) is 2.17. The predicted octanol–water partition coefficient (Wildman–Crippen LogP) is 2.36. The molecule has 0 heterocycles. The second-order valence-corrected chi connectivity index (χ2v) is 4.40. The van der Waals surface area contributed by atoms with Gasteiger partial charge in [0.15, 0.2) is 6.29 Å². The van der Waals surface area contributed by atoms with Crippen molar-refractivity contribution in [3.05, 3.63) is 29.3 Å². The lowest BCUT2D eigenvalue weighted by atomic mass is 9.84. The van der Waals surface area contributed by atoms with Gasteiger partial charge in [-0.3, -0.25) is 9.59 Å². The van der Waals surface area contributed by atoms with Gasteiger partial charge in [0.25, 0.3) is 0 Å². The maximum absolute atomic E-state index is 10.8. The number of anilines is 1. The van der Waals surface area contributed by atoms with E-state index in [9.17, 15) is 9.59 Å². The highest BCUT2D eigenvalue weighted by molar-refractivity contribution is 5.90. The number of benzene rings is 1. The first-order chi connectivity index (χ1) is 7.00. The van der Waals surface area contributed by atoms with Gasteiger partial charge >= 0.3 is 0 Å². The van der Waals surface area contributed by atoms with E-state index in [1.807, 2.05) is 32.9 Å². The van der Waals surface area contributed by atoms with Crippen molar-refractivity contribution in [1.82, 2.24) is 0 Å². The standard InChI is InChI=1S/C12H15NO2/c1-12(2,3)10-6-4-5-9(7-14)11(10)13-8-15/h4-8H,1-3H3,(H,13,15). The number of nitrogens with one attached hydrogen (secondary N) is 1. The average molecular weight is 205 g/mol. The minimum Gasteiger partial charge on any atom is -0.328 e. The van der Waals surface area contributed by atoms with Crippen molar-refractivity contribution in [2.45, 2.75) is 26.2 Å². The zero-order chi connectivity index (χ0) is 11.5. The first kappa shape index (κ1) is 11.4. The minimum atomic E-state index is -0.107. The number of carbonyl (C=O) groups excluding carboxylic acids is 2. The van der Waals surface area contributed by atoms with Crippen molar-refractivity contribution in [3.63, 3.8) is 0 Å². The summed E-state index contributed by atoms with van der Waals surface area (Å²) < 4.78 is 0. The third-order valence-electron chi connectivity index (χ3n) is 2.23. The van der Waals surface area contributed by atoms with Crippen LogP contribution in [0.15, 0.2) is 18.2 Å². The molecule has 1 rings (SSSR count). The molecule has 0 unspecified atom stereocenters. The Bertz CT molecular complexity index is 378. The van der Waals surface area contributed by atoms with Crippen molar-refractivity contribution >= 4 is 18.4 Å². The molecule has 0 aliphatic carbocycles. The number of amides is 1. The summed E-state index contributed by atoms with van der Waals surface area (Å²) in [6.45, 7) is 6.10. The van der Waals surface area contributed by atoms with Gasteiger partial charge in [0.2, 0.25) is 6.41 Å². The molecule has 80 valence electrons. The highest BCUT2D eigenvalue weighted by Crippen LogP contribution is 2.31. The van der Waals surface area contributed by atoms with Gasteiger partial charge in [0, 0.05) is 5.56 Å². The summed E-state index contributed by atoms with van der Waals surface area (Å²) in [7, 11) is 0. The first-order valence-corrected chi connectivity index (χ1v) is 4.79. The fourth-order valence-electron chi connectivity index (χ4n) is 1.51. The number of para-hydroxylation sites is 1. The zero-order valence-electron chi connectivity index (χ0n) is 9.20. The summed E-state index contributed by atoms with van der Waals surface area (Å²) in [5.41, 5.74) is 1.97. The Labute approximate surface area is 89.5 Å². The summed E-state index contributed by atoms with van der Waals surface area (Å²) >= 11 is 0. The SMILES string of the molecule is CC(C)(C)c1cccc(C=O)c1NC=O. The molecular weight excluding hydrogens is 190 g/mol. The Kier molecular flexibility index (Phi) is 3.24. The van der Waals surface area contributed by atoms with Crippen LogP contribution in [-0.2, 0) is 10.2 Å². The quantitative estimate of drug-likeness (QED) is 0.770. The van der Waals surface area contributed by atoms with Gasteiger partial charge in [0.1, 0.15) is 0 Å². The van der Waals surface area contributed by atoms with E-state index in [2.05, 4.69) is 5.32 Å². The highest BCUT2D eigenvalue weighted by atomic mass is 16.1. The number of aldehydes is 1. The molecule has 1 aromatic rings. The third kappa shape index (κ3) is 2.43. The van der Waals surface area contributed by atoms with E-state index in [1.165, 1.54) is 0 Å². The fraction of sp³-hybridized carbons (Fsp3) is 0.333. The highest BCUT2D eigenvalue weighted by Gasteiger charge is 2.19. The molecule has 0 fully saturated rings. The number of rotatable bonds is 3. The van der Waals surface area contributed by atoms with Crippen LogP contribution in [0.2, 0.25) is 0 Å². The smallest absolute Gasteiger partial charge is 0.211 e. The lowest BCUT2D eigenvalue weighted by Crippen LogP contribution is -2.15. The Morgan fingerprint density at radius 2 is 1.87 bits per heavy atom. The van der Waals surface area contributed by atoms with Crippen LogP contribution in [0.3, 0.4) is 0 Å². The molecule has 1 aromatic carbocycles. The Morgan fingerprint density at radius 1 is 1.20 bits per heavy atom. The third-order valence-corrected chi connectivity index (χ3v) is 2.23. The van der Waals surface area contributed by atoms with Gasteiger partial charge < -0.3 is 5.32 Å². The molecule has 0 bridgehead atoms. The van der Waals surface area contributed by atoms with Crippen molar-refractivity contribution in [3.8, 4) is 0 Å². The Balaban J connectivity index is 3.37. The van der Waals surface area contributed by atoms with E-state index in [0.29, 0.717) is 17.7 Å². The number of hydrogen-bond donors (Lipinski definition) is 1. The molecule has 0 aliphatic heterocycles. The van der Waals surface area contributed by atoms with E-state index >= 15 is 0 Å². The molecule has 0 aliphatic rings. The predicted molar refractivity (Wildman–Crippen MR) is 60.2 cm³/mol. The van der Waals surface area contributed by atoms with E-state index in [1.54, 1.807) is 6.07 Å². The second kappa shape index (κ2) is 4.26. The molecule has 0 saturated heterocycles. The Morgan fingerprint density at radius 3 is 2.33 bits per heavy atom. The van der Waals surface area contributed by atoms with Crippen LogP contribution >= 0.6 is 0 Å².